The minimum Gasteiger partial charge on any atom is -0.493 e. The molecule has 0 bridgehead atoms. The predicted molar refractivity (Wildman–Crippen MR) is 109 cm³/mol. The molecule has 1 saturated carbocycles. The van der Waals surface area contributed by atoms with Gasteiger partial charge in [0, 0.05) is 28.9 Å². The molecule has 28 heavy (non-hydrogen) atoms. The average molecular weight is 382 g/mol. The van der Waals surface area contributed by atoms with Crippen LogP contribution >= 0.6 is 0 Å². The summed E-state index contributed by atoms with van der Waals surface area (Å²) in [5, 5.41) is 5.79. The number of hydrogen-bond acceptors (Lipinski definition) is 4. The molecule has 0 saturated heterocycles. The van der Waals surface area contributed by atoms with Crippen LogP contribution < -0.4 is 20.1 Å². The molecule has 0 spiro atoms. The molecule has 0 aliphatic heterocycles. The number of carbonyl (C=O) groups is 2. The third-order valence-electron chi connectivity index (χ3n) is 5.01. The summed E-state index contributed by atoms with van der Waals surface area (Å²) in [6.45, 7) is 0. The van der Waals surface area contributed by atoms with Crippen LogP contribution in [-0.2, 0) is 4.79 Å². The van der Waals surface area contributed by atoms with Gasteiger partial charge in [0.15, 0.2) is 11.5 Å². The van der Waals surface area contributed by atoms with Gasteiger partial charge in [-0.1, -0.05) is 25.3 Å². The predicted octanol–water partition coefficient (Wildman–Crippen LogP) is 4.47. The minimum atomic E-state index is -0.263. The smallest absolute Gasteiger partial charge is 0.255 e. The Morgan fingerprint density at radius 1 is 0.857 bits per heavy atom. The number of anilines is 2. The van der Waals surface area contributed by atoms with Gasteiger partial charge in [0.25, 0.3) is 5.91 Å². The summed E-state index contributed by atoms with van der Waals surface area (Å²) in [4.78, 5) is 25.0. The molecular formula is C22H26N2O4. The first-order chi connectivity index (χ1) is 13.6. The first kappa shape index (κ1) is 19.7. The highest BCUT2D eigenvalue weighted by Crippen LogP contribution is 2.30. The van der Waals surface area contributed by atoms with Crippen molar-refractivity contribution in [2.75, 3.05) is 24.9 Å². The van der Waals surface area contributed by atoms with Gasteiger partial charge in [-0.05, 0) is 43.2 Å². The van der Waals surface area contributed by atoms with Crippen molar-refractivity contribution < 1.29 is 19.1 Å². The standard InChI is InChI=1S/C22H26N2O4/c1-27-19-12-11-18(14-20(19)28-2)24-22(26)16-9-6-10-17(13-16)23-21(25)15-7-4-3-5-8-15/h6,9-15H,3-5,7-8H2,1-2H3,(H,23,25)(H,24,26). The lowest BCUT2D eigenvalue weighted by Gasteiger charge is -2.20. The molecule has 1 aliphatic rings. The lowest BCUT2D eigenvalue weighted by Crippen LogP contribution is -2.24. The second-order valence-corrected chi connectivity index (χ2v) is 6.93. The zero-order valence-electron chi connectivity index (χ0n) is 16.3. The Morgan fingerprint density at radius 3 is 2.29 bits per heavy atom. The molecule has 6 nitrogen and oxygen atoms in total. The largest absolute Gasteiger partial charge is 0.493 e. The van der Waals surface area contributed by atoms with Gasteiger partial charge in [-0.15, -0.1) is 0 Å². The maximum Gasteiger partial charge on any atom is 0.255 e. The van der Waals surface area contributed by atoms with Gasteiger partial charge in [-0.2, -0.15) is 0 Å². The molecular weight excluding hydrogens is 356 g/mol. The first-order valence-electron chi connectivity index (χ1n) is 9.55. The number of benzene rings is 2. The van der Waals surface area contributed by atoms with Crippen LogP contribution in [0.3, 0.4) is 0 Å². The Bertz CT molecular complexity index is 844. The van der Waals surface area contributed by atoms with E-state index >= 15 is 0 Å². The third kappa shape index (κ3) is 4.82. The molecule has 2 amide bonds. The summed E-state index contributed by atoms with van der Waals surface area (Å²) in [7, 11) is 3.10. The lowest BCUT2D eigenvalue weighted by atomic mass is 9.88. The van der Waals surface area contributed by atoms with Crippen molar-refractivity contribution in [2.24, 2.45) is 5.92 Å². The van der Waals surface area contributed by atoms with Crippen molar-refractivity contribution in [3.05, 3.63) is 48.0 Å². The second kappa shape index (κ2) is 9.26. The van der Waals surface area contributed by atoms with Gasteiger partial charge in [0.05, 0.1) is 14.2 Å². The first-order valence-corrected chi connectivity index (χ1v) is 9.55. The fraction of sp³-hybridized carbons (Fsp3) is 0.364. The molecule has 2 aromatic carbocycles. The number of nitrogens with one attached hydrogen (secondary N) is 2. The van der Waals surface area contributed by atoms with Gasteiger partial charge in [-0.3, -0.25) is 9.59 Å². The summed E-state index contributed by atoms with van der Waals surface area (Å²) in [5.74, 6) is 0.970. The van der Waals surface area contributed by atoms with Gasteiger partial charge >= 0.3 is 0 Å². The van der Waals surface area contributed by atoms with Crippen LogP contribution in [-0.4, -0.2) is 26.0 Å². The van der Waals surface area contributed by atoms with E-state index in [1.54, 1.807) is 56.7 Å². The number of methoxy groups -OCH3 is 2. The van der Waals surface area contributed by atoms with Crippen LogP contribution in [0.2, 0.25) is 0 Å². The maximum absolute atomic E-state index is 12.6. The van der Waals surface area contributed by atoms with E-state index < -0.39 is 0 Å². The molecule has 0 radical (unpaired) electrons. The molecule has 1 fully saturated rings. The molecule has 148 valence electrons. The van der Waals surface area contributed by atoms with Gasteiger partial charge in [-0.25, -0.2) is 0 Å². The van der Waals surface area contributed by atoms with E-state index in [2.05, 4.69) is 10.6 Å². The molecule has 0 heterocycles. The summed E-state index contributed by atoms with van der Waals surface area (Å²) < 4.78 is 10.5. The van der Waals surface area contributed by atoms with Crippen molar-refractivity contribution in [2.45, 2.75) is 32.1 Å². The van der Waals surface area contributed by atoms with E-state index in [1.807, 2.05) is 0 Å². The van der Waals surface area contributed by atoms with Gasteiger partial charge < -0.3 is 20.1 Å². The fourth-order valence-corrected chi connectivity index (χ4v) is 3.46. The lowest BCUT2D eigenvalue weighted by molar-refractivity contribution is -0.120. The molecule has 0 aromatic heterocycles. The number of carbonyl (C=O) groups excluding carboxylic acids is 2. The van der Waals surface area contributed by atoms with Crippen LogP contribution in [0.5, 0.6) is 11.5 Å². The van der Waals surface area contributed by atoms with Crippen LogP contribution in [0.1, 0.15) is 42.5 Å². The van der Waals surface area contributed by atoms with E-state index in [9.17, 15) is 9.59 Å². The summed E-state index contributed by atoms with van der Waals surface area (Å²) >= 11 is 0. The van der Waals surface area contributed by atoms with Crippen molar-refractivity contribution in [3.63, 3.8) is 0 Å². The Balaban J connectivity index is 1.67. The SMILES string of the molecule is COc1ccc(NC(=O)c2cccc(NC(=O)C3CCCCC3)c2)cc1OC. The Morgan fingerprint density at radius 2 is 1.57 bits per heavy atom. The highest BCUT2D eigenvalue weighted by molar-refractivity contribution is 6.05. The normalized spacial score (nSPS) is 14.2. The summed E-state index contributed by atoms with van der Waals surface area (Å²) in [5.41, 5.74) is 1.70. The fourth-order valence-electron chi connectivity index (χ4n) is 3.46. The number of rotatable bonds is 6. The zero-order valence-corrected chi connectivity index (χ0v) is 16.3. The Hall–Kier alpha value is -3.02. The van der Waals surface area contributed by atoms with E-state index in [0.717, 1.165) is 25.7 Å². The number of hydrogen-bond donors (Lipinski definition) is 2. The molecule has 6 heteroatoms. The number of ether oxygens (including phenoxy) is 2. The van der Waals surface area contributed by atoms with Crippen LogP contribution in [0.25, 0.3) is 0 Å². The molecule has 1 aliphatic carbocycles. The molecule has 2 N–H and O–H groups in total. The monoisotopic (exact) mass is 382 g/mol. The van der Waals surface area contributed by atoms with Gasteiger partial charge in [0.1, 0.15) is 0 Å². The highest BCUT2D eigenvalue weighted by atomic mass is 16.5. The maximum atomic E-state index is 12.6. The minimum absolute atomic E-state index is 0.0390. The van der Waals surface area contributed by atoms with Crippen LogP contribution in [0.15, 0.2) is 42.5 Å². The third-order valence-corrected chi connectivity index (χ3v) is 5.01. The topological polar surface area (TPSA) is 76.7 Å². The van der Waals surface area contributed by atoms with Crippen molar-refractivity contribution >= 4 is 23.2 Å². The Labute approximate surface area is 165 Å². The van der Waals surface area contributed by atoms with E-state index in [4.69, 9.17) is 9.47 Å². The Kier molecular flexibility index (Phi) is 6.53. The molecule has 0 unspecified atom stereocenters. The van der Waals surface area contributed by atoms with Gasteiger partial charge in [0.2, 0.25) is 5.91 Å². The quantitative estimate of drug-likeness (QED) is 0.772. The van der Waals surface area contributed by atoms with Crippen molar-refractivity contribution in [1.29, 1.82) is 0 Å². The van der Waals surface area contributed by atoms with Crippen LogP contribution in [0, 0.1) is 5.92 Å². The average Bonchev–Trinajstić information content (AvgIpc) is 2.74. The highest BCUT2D eigenvalue weighted by Gasteiger charge is 2.21. The van der Waals surface area contributed by atoms with E-state index in [1.165, 1.54) is 6.42 Å². The zero-order chi connectivity index (χ0) is 19.9. The van der Waals surface area contributed by atoms with Crippen molar-refractivity contribution in [3.8, 4) is 11.5 Å². The van der Waals surface area contributed by atoms with E-state index in [0.29, 0.717) is 28.4 Å². The summed E-state index contributed by atoms with van der Waals surface area (Å²) in [6.07, 6.45) is 5.28. The van der Waals surface area contributed by atoms with Crippen molar-refractivity contribution in [1.82, 2.24) is 0 Å². The van der Waals surface area contributed by atoms with Crippen LogP contribution in [0.4, 0.5) is 11.4 Å². The molecule has 2 aromatic rings. The number of amides is 2. The molecule has 0 atom stereocenters. The second-order valence-electron chi connectivity index (χ2n) is 6.93. The van der Waals surface area contributed by atoms with E-state index in [-0.39, 0.29) is 17.7 Å². The molecule has 3 rings (SSSR count). The summed E-state index contributed by atoms with van der Waals surface area (Å²) in [6, 6.07) is 12.1.